The van der Waals surface area contributed by atoms with E-state index in [1.165, 1.54) is 0 Å². The molecule has 0 aliphatic heterocycles. The van der Waals surface area contributed by atoms with Gasteiger partial charge in [0.2, 0.25) is 5.91 Å². The summed E-state index contributed by atoms with van der Waals surface area (Å²) < 4.78 is 0. The fourth-order valence-electron chi connectivity index (χ4n) is 2.64. The van der Waals surface area contributed by atoms with Crippen LogP contribution in [-0.2, 0) is 4.79 Å². The minimum Gasteiger partial charge on any atom is -0.355 e. The molecule has 156 valence electrons. The minimum atomic E-state index is -0.110. The third-order valence-corrected chi connectivity index (χ3v) is 4.89. The van der Waals surface area contributed by atoms with Crippen LogP contribution in [0, 0.1) is 16.7 Å². The first-order valence-corrected chi connectivity index (χ1v) is 10.2. The van der Waals surface area contributed by atoms with Gasteiger partial charge in [0, 0.05) is 31.4 Å². The molecule has 1 atom stereocenters. The molecule has 0 radical (unpaired) electrons. The number of thiocarbonyl (C=S) groups is 2. The van der Waals surface area contributed by atoms with Crippen LogP contribution in [0.2, 0.25) is 0 Å². The normalized spacial score (nSPS) is 12.7. The lowest BCUT2D eigenvalue weighted by Crippen LogP contribution is -2.40. The number of benzene rings is 1. The van der Waals surface area contributed by atoms with Gasteiger partial charge in [0.25, 0.3) is 0 Å². The molecule has 0 aromatic heterocycles. The van der Waals surface area contributed by atoms with E-state index in [0.29, 0.717) is 10.2 Å². The van der Waals surface area contributed by atoms with E-state index in [-0.39, 0.29) is 22.7 Å². The molecule has 0 aliphatic carbocycles. The second-order valence-corrected chi connectivity index (χ2v) is 10.3. The monoisotopic (exact) mass is 422 g/mol. The molecule has 28 heavy (non-hydrogen) atoms. The van der Waals surface area contributed by atoms with Crippen molar-refractivity contribution in [2.24, 2.45) is 16.7 Å². The first-order chi connectivity index (χ1) is 12.7. The highest BCUT2D eigenvalue weighted by Crippen LogP contribution is 2.36. The van der Waals surface area contributed by atoms with Crippen LogP contribution in [0.1, 0.15) is 48.0 Å². The van der Waals surface area contributed by atoms with E-state index >= 15 is 0 Å². The average Bonchev–Trinajstić information content (AvgIpc) is 2.52. The summed E-state index contributed by atoms with van der Waals surface area (Å²) in [7, 11) is 3.69. The van der Waals surface area contributed by atoms with Crippen LogP contribution in [0.4, 0.5) is 11.4 Å². The number of hydrogen-bond acceptors (Lipinski definition) is 3. The summed E-state index contributed by atoms with van der Waals surface area (Å²) in [6.45, 7) is 12.8. The average molecular weight is 423 g/mol. The van der Waals surface area contributed by atoms with Crippen LogP contribution >= 0.6 is 24.4 Å². The van der Waals surface area contributed by atoms with Crippen LogP contribution in [-0.4, -0.2) is 35.1 Å². The minimum absolute atomic E-state index is 0.0525. The molecule has 0 fully saturated rings. The molecule has 5 nitrogen and oxygen atoms in total. The predicted octanol–water partition coefficient (Wildman–Crippen LogP) is 4.86. The smallest absolute Gasteiger partial charge is 0.228 e. The van der Waals surface area contributed by atoms with Crippen LogP contribution in [0.5, 0.6) is 0 Å². The molecular formula is C21H34N4OS2. The number of hydrogen-bond donors (Lipinski definition) is 3. The SMILES string of the molecule is CN(C)C(=S)NC(=S)Nc1ccc(NC(=O)C(CC(C)(C)C)C(C)(C)C)cc1. The largest absolute Gasteiger partial charge is 0.355 e. The number of rotatable bonds is 4. The highest BCUT2D eigenvalue weighted by atomic mass is 32.1. The highest BCUT2D eigenvalue weighted by Gasteiger charge is 2.34. The predicted molar refractivity (Wildman–Crippen MR) is 128 cm³/mol. The maximum atomic E-state index is 12.9. The van der Waals surface area contributed by atoms with Crippen molar-refractivity contribution in [2.75, 3.05) is 24.7 Å². The Labute approximate surface area is 180 Å². The maximum Gasteiger partial charge on any atom is 0.228 e. The van der Waals surface area contributed by atoms with Crippen LogP contribution in [0.15, 0.2) is 24.3 Å². The zero-order valence-electron chi connectivity index (χ0n) is 18.3. The molecule has 1 amide bonds. The van der Waals surface area contributed by atoms with Gasteiger partial charge in [0.05, 0.1) is 0 Å². The zero-order chi connectivity index (χ0) is 21.7. The summed E-state index contributed by atoms with van der Waals surface area (Å²) in [5, 5.41) is 10.0. The third kappa shape index (κ3) is 8.52. The molecule has 1 unspecified atom stereocenters. The first kappa shape index (κ1) is 24.3. The number of anilines is 2. The second-order valence-electron chi connectivity index (χ2n) is 9.53. The number of nitrogens with zero attached hydrogens (tertiary/aromatic N) is 1. The molecule has 1 aromatic rings. The molecule has 1 rings (SSSR count). The van der Waals surface area contributed by atoms with Gasteiger partial charge in [-0.15, -0.1) is 0 Å². The summed E-state index contributed by atoms with van der Waals surface area (Å²) in [6.07, 6.45) is 0.827. The number of carbonyl (C=O) groups is 1. The fourth-order valence-corrected chi connectivity index (χ4v) is 3.02. The van der Waals surface area contributed by atoms with Crippen LogP contribution in [0.25, 0.3) is 0 Å². The van der Waals surface area contributed by atoms with Crippen molar-refractivity contribution in [2.45, 2.75) is 48.0 Å². The van der Waals surface area contributed by atoms with Crippen LogP contribution < -0.4 is 16.0 Å². The summed E-state index contributed by atoms with van der Waals surface area (Å²) in [5.74, 6) is -0.0224. The molecule has 3 N–H and O–H groups in total. The Morgan fingerprint density at radius 3 is 1.82 bits per heavy atom. The highest BCUT2D eigenvalue weighted by molar-refractivity contribution is 7.82. The van der Waals surface area contributed by atoms with Crippen molar-refractivity contribution in [3.8, 4) is 0 Å². The molecule has 7 heteroatoms. The van der Waals surface area contributed by atoms with Gasteiger partial charge in [-0.05, 0) is 66.0 Å². The fraction of sp³-hybridized carbons (Fsp3) is 0.571. The lowest BCUT2D eigenvalue weighted by atomic mass is 9.71. The molecule has 0 bridgehead atoms. The Hall–Kier alpha value is -1.73. The van der Waals surface area contributed by atoms with Gasteiger partial charge in [-0.1, -0.05) is 41.5 Å². The molecule has 0 saturated heterocycles. The van der Waals surface area contributed by atoms with E-state index in [2.05, 4.69) is 57.5 Å². The van der Waals surface area contributed by atoms with Crippen molar-refractivity contribution < 1.29 is 4.79 Å². The molecule has 0 saturated carbocycles. The van der Waals surface area contributed by atoms with Gasteiger partial charge in [-0.2, -0.15) is 0 Å². The lowest BCUT2D eigenvalue weighted by molar-refractivity contribution is -0.124. The summed E-state index contributed by atoms with van der Waals surface area (Å²) in [6, 6.07) is 7.48. The topological polar surface area (TPSA) is 56.4 Å². The van der Waals surface area contributed by atoms with Crippen molar-refractivity contribution in [1.29, 1.82) is 0 Å². The summed E-state index contributed by atoms with van der Waals surface area (Å²) in [5.41, 5.74) is 1.56. The van der Waals surface area contributed by atoms with Crippen molar-refractivity contribution in [1.82, 2.24) is 10.2 Å². The standard InChI is InChI=1S/C21H34N4OS2/c1-20(2,3)13-16(21(4,5)6)17(26)22-14-9-11-15(12-10-14)23-18(27)24-19(28)25(7)8/h9-12,16H,13H2,1-8H3,(H,22,26)(H2,23,24,27,28). The van der Waals surface area contributed by atoms with E-state index < -0.39 is 0 Å². The number of carbonyl (C=O) groups excluding carboxylic acids is 1. The summed E-state index contributed by atoms with van der Waals surface area (Å²) >= 11 is 10.4. The van der Waals surface area contributed by atoms with E-state index in [1.807, 2.05) is 38.4 Å². The second kappa shape index (κ2) is 9.65. The zero-order valence-corrected chi connectivity index (χ0v) is 19.9. The van der Waals surface area contributed by atoms with E-state index in [1.54, 1.807) is 4.90 Å². The first-order valence-electron chi connectivity index (χ1n) is 9.39. The molecule has 0 heterocycles. The van der Waals surface area contributed by atoms with Crippen molar-refractivity contribution in [3.63, 3.8) is 0 Å². The third-order valence-electron chi connectivity index (χ3n) is 4.22. The van der Waals surface area contributed by atoms with E-state index in [9.17, 15) is 4.79 Å². The van der Waals surface area contributed by atoms with E-state index in [4.69, 9.17) is 24.4 Å². The Kier molecular flexibility index (Phi) is 8.38. The maximum absolute atomic E-state index is 12.9. The van der Waals surface area contributed by atoms with Gasteiger partial charge in [-0.3, -0.25) is 4.79 Å². The molecule has 1 aromatic carbocycles. The Bertz CT molecular complexity index is 701. The Morgan fingerprint density at radius 1 is 0.964 bits per heavy atom. The van der Waals surface area contributed by atoms with Gasteiger partial charge < -0.3 is 20.9 Å². The molecule has 0 aliphatic rings. The number of amides is 1. The lowest BCUT2D eigenvalue weighted by Gasteiger charge is -2.34. The Balaban J connectivity index is 2.76. The van der Waals surface area contributed by atoms with Crippen molar-refractivity contribution in [3.05, 3.63) is 24.3 Å². The number of nitrogens with one attached hydrogen (secondary N) is 3. The van der Waals surface area contributed by atoms with Gasteiger partial charge in [0.15, 0.2) is 10.2 Å². The quantitative estimate of drug-likeness (QED) is 0.603. The van der Waals surface area contributed by atoms with Crippen LogP contribution in [0.3, 0.4) is 0 Å². The van der Waals surface area contributed by atoms with Gasteiger partial charge in [0.1, 0.15) is 0 Å². The van der Waals surface area contributed by atoms with Gasteiger partial charge in [-0.25, -0.2) is 0 Å². The van der Waals surface area contributed by atoms with Crippen molar-refractivity contribution >= 4 is 51.9 Å². The molecular weight excluding hydrogens is 388 g/mol. The van der Waals surface area contributed by atoms with E-state index in [0.717, 1.165) is 17.8 Å². The van der Waals surface area contributed by atoms with Gasteiger partial charge >= 0.3 is 0 Å². The molecule has 0 spiro atoms. The Morgan fingerprint density at radius 2 is 1.43 bits per heavy atom. The summed E-state index contributed by atoms with van der Waals surface area (Å²) in [4.78, 5) is 14.7.